The molecule has 1 rings (SSSR count). The van der Waals surface area contributed by atoms with Crippen LogP contribution in [0.2, 0.25) is 0 Å². The van der Waals surface area contributed by atoms with Crippen LogP contribution < -0.4 is 10.6 Å². The van der Waals surface area contributed by atoms with Gasteiger partial charge in [-0.3, -0.25) is 4.79 Å². The summed E-state index contributed by atoms with van der Waals surface area (Å²) in [6, 6.07) is 9.40. The molecule has 1 amide bonds. The van der Waals surface area contributed by atoms with Crippen LogP contribution in [0.1, 0.15) is 26.2 Å². The zero-order chi connectivity index (χ0) is 14.1. The Morgan fingerprint density at radius 1 is 1.37 bits per heavy atom. The fourth-order valence-electron chi connectivity index (χ4n) is 1.86. The number of anilines is 1. The highest BCUT2D eigenvalue weighted by atomic mass is 32.2. The summed E-state index contributed by atoms with van der Waals surface area (Å²) in [7, 11) is 0. The molecule has 0 spiro atoms. The van der Waals surface area contributed by atoms with Crippen molar-refractivity contribution in [2.75, 3.05) is 23.5 Å². The second-order valence-electron chi connectivity index (χ2n) is 4.57. The molecule has 4 heteroatoms. The van der Waals surface area contributed by atoms with E-state index in [1.165, 1.54) is 0 Å². The van der Waals surface area contributed by atoms with E-state index in [-0.39, 0.29) is 5.91 Å². The molecule has 0 bridgehead atoms. The minimum absolute atomic E-state index is 0.0358. The highest BCUT2D eigenvalue weighted by molar-refractivity contribution is 7.98. The fourth-order valence-corrected chi connectivity index (χ4v) is 2.35. The highest BCUT2D eigenvalue weighted by Crippen LogP contribution is 2.16. The lowest BCUT2D eigenvalue weighted by Gasteiger charge is -2.25. The van der Waals surface area contributed by atoms with Crippen LogP contribution >= 0.6 is 11.8 Å². The van der Waals surface area contributed by atoms with Crippen LogP contribution in [0.15, 0.2) is 30.3 Å². The van der Waals surface area contributed by atoms with Gasteiger partial charge in [0.05, 0.1) is 6.04 Å². The van der Waals surface area contributed by atoms with E-state index in [9.17, 15) is 4.79 Å². The van der Waals surface area contributed by atoms with Crippen LogP contribution in [-0.2, 0) is 4.79 Å². The predicted octanol–water partition coefficient (Wildman–Crippen LogP) is 2.90. The molecule has 0 radical (unpaired) electrons. The third-order valence-corrected chi connectivity index (χ3v) is 3.66. The van der Waals surface area contributed by atoms with Gasteiger partial charge in [0.1, 0.15) is 0 Å². The van der Waals surface area contributed by atoms with Gasteiger partial charge < -0.3 is 10.6 Å². The Morgan fingerprint density at radius 3 is 2.63 bits per heavy atom. The van der Waals surface area contributed by atoms with Crippen molar-refractivity contribution < 1.29 is 4.79 Å². The van der Waals surface area contributed by atoms with E-state index in [1.54, 1.807) is 11.8 Å². The second kappa shape index (κ2) is 8.99. The monoisotopic (exact) mass is 280 g/mol. The Bertz CT molecular complexity index is 370. The lowest BCUT2D eigenvalue weighted by molar-refractivity contribution is -0.119. The van der Waals surface area contributed by atoms with E-state index >= 15 is 0 Å². The number of thioether (sulfide) groups is 1. The van der Waals surface area contributed by atoms with E-state index in [0.717, 1.165) is 37.2 Å². The van der Waals surface area contributed by atoms with Gasteiger partial charge in [0, 0.05) is 12.2 Å². The van der Waals surface area contributed by atoms with Crippen molar-refractivity contribution in [3.8, 4) is 0 Å². The molecule has 0 saturated heterocycles. The number of para-hydroxylation sites is 1. The number of amides is 1. The molecule has 19 heavy (non-hydrogen) atoms. The van der Waals surface area contributed by atoms with Crippen LogP contribution in [0, 0.1) is 0 Å². The topological polar surface area (TPSA) is 46.3 Å². The number of nitrogens with two attached hydrogens (primary N) is 1. The molecular weight excluding hydrogens is 256 g/mol. The lowest BCUT2D eigenvalue weighted by Crippen LogP contribution is -2.44. The molecule has 0 saturated carbocycles. The molecule has 0 heterocycles. The summed E-state index contributed by atoms with van der Waals surface area (Å²) in [5, 5.41) is 0. The standard InChI is InChI=1S/C15H24N2OS/c1-3-4-11-17(13-8-6-5-7-9-13)15(18)14(16)10-12-19-2/h5-9,14H,3-4,10-12,16H2,1-2H3/t14-/m0/s1. The Hall–Kier alpha value is -1.00. The van der Waals surface area contributed by atoms with Crippen LogP contribution in [-0.4, -0.2) is 30.5 Å². The minimum atomic E-state index is -0.399. The summed E-state index contributed by atoms with van der Waals surface area (Å²) in [5.74, 6) is 0.956. The number of nitrogens with zero attached hydrogens (tertiary/aromatic N) is 1. The number of carbonyl (C=O) groups is 1. The van der Waals surface area contributed by atoms with Crippen molar-refractivity contribution in [2.24, 2.45) is 5.73 Å². The molecule has 0 unspecified atom stereocenters. The van der Waals surface area contributed by atoms with Crippen LogP contribution in [0.5, 0.6) is 0 Å². The summed E-state index contributed by atoms with van der Waals surface area (Å²) < 4.78 is 0. The fraction of sp³-hybridized carbons (Fsp3) is 0.533. The molecule has 0 aliphatic rings. The molecule has 0 aliphatic heterocycles. The lowest BCUT2D eigenvalue weighted by atomic mass is 10.1. The quantitative estimate of drug-likeness (QED) is 0.796. The summed E-state index contributed by atoms with van der Waals surface area (Å²) in [6.07, 6.45) is 4.82. The highest BCUT2D eigenvalue weighted by Gasteiger charge is 2.21. The smallest absolute Gasteiger partial charge is 0.243 e. The molecule has 0 fully saturated rings. The molecule has 0 aliphatic carbocycles. The van der Waals surface area contributed by atoms with E-state index in [2.05, 4.69) is 6.92 Å². The largest absolute Gasteiger partial charge is 0.320 e. The maximum absolute atomic E-state index is 12.4. The molecule has 3 nitrogen and oxygen atoms in total. The number of carbonyl (C=O) groups excluding carboxylic acids is 1. The van der Waals surface area contributed by atoms with Crippen molar-refractivity contribution >= 4 is 23.4 Å². The summed E-state index contributed by atoms with van der Waals surface area (Å²) in [6.45, 7) is 2.87. The first-order valence-electron chi connectivity index (χ1n) is 6.81. The average molecular weight is 280 g/mol. The van der Waals surface area contributed by atoms with Crippen molar-refractivity contribution in [3.63, 3.8) is 0 Å². The second-order valence-corrected chi connectivity index (χ2v) is 5.55. The minimum Gasteiger partial charge on any atom is -0.320 e. The zero-order valence-corrected chi connectivity index (χ0v) is 12.7. The molecule has 0 aromatic heterocycles. The van der Waals surface area contributed by atoms with E-state index in [0.29, 0.717) is 0 Å². The van der Waals surface area contributed by atoms with Gasteiger partial charge in [0.15, 0.2) is 0 Å². The van der Waals surface area contributed by atoms with Gasteiger partial charge in [-0.1, -0.05) is 31.5 Å². The van der Waals surface area contributed by atoms with Gasteiger partial charge in [-0.05, 0) is 37.0 Å². The normalized spacial score (nSPS) is 12.2. The third kappa shape index (κ3) is 5.25. The van der Waals surface area contributed by atoms with Gasteiger partial charge >= 0.3 is 0 Å². The first-order chi connectivity index (χ1) is 9.20. The Morgan fingerprint density at radius 2 is 2.05 bits per heavy atom. The number of benzene rings is 1. The van der Waals surface area contributed by atoms with Gasteiger partial charge in [-0.25, -0.2) is 0 Å². The number of rotatable bonds is 8. The molecule has 106 valence electrons. The first-order valence-corrected chi connectivity index (χ1v) is 8.21. The molecular formula is C15H24N2OS. The molecule has 2 N–H and O–H groups in total. The maximum Gasteiger partial charge on any atom is 0.243 e. The molecule has 1 atom stereocenters. The van der Waals surface area contributed by atoms with Crippen LogP contribution in [0.3, 0.4) is 0 Å². The number of hydrogen-bond acceptors (Lipinski definition) is 3. The average Bonchev–Trinajstić information content (AvgIpc) is 2.46. The maximum atomic E-state index is 12.4. The molecule has 1 aromatic rings. The van der Waals surface area contributed by atoms with E-state index < -0.39 is 6.04 Å². The summed E-state index contributed by atoms with van der Waals surface area (Å²) in [5.41, 5.74) is 6.95. The summed E-state index contributed by atoms with van der Waals surface area (Å²) >= 11 is 1.72. The van der Waals surface area contributed by atoms with E-state index in [1.807, 2.05) is 41.5 Å². The SMILES string of the molecule is CCCCN(C(=O)[C@@H](N)CCSC)c1ccccc1. The van der Waals surface area contributed by atoms with Crippen molar-refractivity contribution in [1.29, 1.82) is 0 Å². The van der Waals surface area contributed by atoms with Crippen molar-refractivity contribution in [3.05, 3.63) is 30.3 Å². The van der Waals surface area contributed by atoms with Gasteiger partial charge in [0.2, 0.25) is 5.91 Å². The first kappa shape index (κ1) is 16.1. The Labute approximate surface area is 120 Å². The Balaban J connectivity index is 2.76. The van der Waals surface area contributed by atoms with Crippen molar-refractivity contribution in [1.82, 2.24) is 0 Å². The van der Waals surface area contributed by atoms with Gasteiger partial charge in [0.25, 0.3) is 0 Å². The van der Waals surface area contributed by atoms with Gasteiger partial charge in [-0.2, -0.15) is 11.8 Å². The predicted molar refractivity (Wildman–Crippen MR) is 84.7 cm³/mol. The third-order valence-electron chi connectivity index (χ3n) is 3.02. The molecule has 1 aromatic carbocycles. The Kier molecular flexibility index (Phi) is 7.60. The zero-order valence-electron chi connectivity index (χ0n) is 11.8. The van der Waals surface area contributed by atoms with Crippen molar-refractivity contribution in [2.45, 2.75) is 32.2 Å². The summed E-state index contributed by atoms with van der Waals surface area (Å²) in [4.78, 5) is 14.3. The van der Waals surface area contributed by atoms with Crippen LogP contribution in [0.25, 0.3) is 0 Å². The number of hydrogen-bond donors (Lipinski definition) is 1. The van der Waals surface area contributed by atoms with Crippen LogP contribution in [0.4, 0.5) is 5.69 Å². The van der Waals surface area contributed by atoms with Gasteiger partial charge in [-0.15, -0.1) is 0 Å². The number of unbranched alkanes of at least 4 members (excludes halogenated alkanes) is 1. The van der Waals surface area contributed by atoms with E-state index in [4.69, 9.17) is 5.73 Å².